The van der Waals surface area contributed by atoms with E-state index in [1.165, 1.54) is 0 Å². The highest BCUT2D eigenvalue weighted by Gasteiger charge is 2.15. The third-order valence-electron chi connectivity index (χ3n) is 3.26. The van der Waals surface area contributed by atoms with E-state index in [0.717, 1.165) is 11.3 Å². The summed E-state index contributed by atoms with van der Waals surface area (Å²) in [6.45, 7) is 7.72. The quantitative estimate of drug-likeness (QED) is 0.787. The second-order valence-electron chi connectivity index (χ2n) is 5.14. The molecule has 23 heavy (non-hydrogen) atoms. The average Bonchev–Trinajstić information content (AvgIpc) is 2.56. The Balaban J connectivity index is 1.93. The number of benzene rings is 2. The van der Waals surface area contributed by atoms with Crippen molar-refractivity contribution in [2.45, 2.75) is 20.0 Å². The maximum absolute atomic E-state index is 12.2. The van der Waals surface area contributed by atoms with Gasteiger partial charge in [-0.2, -0.15) is 0 Å². The number of aryl methyl sites for hydroxylation is 1. The van der Waals surface area contributed by atoms with Crippen molar-refractivity contribution in [3.05, 3.63) is 66.7 Å². The number of hydrogen-bond donors (Lipinski definition) is 1. The van der Waals surface area contributed by atoms with Crippen molar-refractivity contribution in [1.82, 2.24) is 0 Å². The first-order chi connectivity index (χ1) is 11.1. The van der Waals surface area contributed by atoms with Crippen LogP contribution in [-0.4, -0.2) is 18.6 Å². The number of amides is 1. The molecule has 2 rings (SSSR count). The van der Waals surface area contributed by atoms with E-state index in [1.54, 1.807) is 37.3 Å². The molecule has 2 aromatic carbocycles. The van der Waals surface area contributed by atoms with Gasteiger partial charge < -0.3 is 14.8 Å². The number of carbonyl (C=O) groups is 1. The molecule has 2 aromatic rings. The summed E-state index contributed by atoms with van der Waals surface area (Å²) >= 11 is 0. The highest BCUT2D eigenvalue weighted by Crippen LogP contribution is 2.19. The zero-order valence-electron chi connectivity index (χ0n) is 13.4. The van der Waals surface area contributed by atoms with E-state index >= 15 is 0 Å². The van der Waals surface area contributed by atoms with E-state index in [0.29, 0.717) is 18.0 Å². The van der Waals surface area contributed by atoms with E-state index < -0.39 is 6.10 Å². The van der Waals surface area contributed by atoms with E-state index in [4.69, 9.17) is 9.47 Å². The van der Waals surface area contributed by atoms with Gasteiger partial charge in [0.05, 0.1) is 0 Å². The zero-order chi connectivity index (χ0) is 16.7. The van der Waals surface area contributed by atoms with Crippen LogP contribution in [0.1, 0.15) is 12.5 Å². The van der Waals surface area contributed by atoms with Crippen LogP contribution in [0.5, 0.6) is 11.5 Å². The first kappa shape index (κ1) is 16.6. The molecule has 0 radical (unpaired) electrons. The van der Waals surface area contributed by atoms with Crippen LogP contribution < -0.4 is 14.8 Å². The molecule has 0 aliphatic heterocycles. The molecule has 0 saturated heterocycles. The molecule has 1 N–H and O–H groups in total. The molecule has 0 aliphatic rings. The summed E-state index contributed by atoms with van der Waals surface area (Å²) in [5, 5.41) is 2.83. The van der Waals surface area contributed by atoms with Gasteiger partial charge in [0.2, 0.25) is 0 Å². The number of ether oxygens (including phenoxy) is 2. The Kier molecular flexibility index (Phi) is 5.80. The maximum atomic E-state index is 12.2. The predicted molar refractivity (Wildman–Crippen MR) is 92.0 cm³/mol. The van der Waals surface area contributed by atoms with Crippen LogP contribution in [0.25, 0.3) is 0 Å². The molecule has 1 amide bonds. The maximum Gasteiger partial charge on any atom is 0.265 e. The van der Waals surface area contributed by atoms with Crippen molar-refractivity contribution in [2.75, 3.05) is 11.9 Å². The second kappa shape index (κ2) is 8.03. The topological polar surface area (TPSA) is 47.6 Å². The molecule has 0 bridgehead atoms. The highest BCUT2D eigenvalue weighted by atomic mass is 16.5. The van der Waals surface area contributed by atoms with Crippen molar-refractivity contribution < 1.29 is 14.3 Å². The molecular formula is C19H21NO3. The molecule has 0 spiro atoms. The largest absolute Gasteiger partial charge is 0.490 e. The fraction of sp³-hybridized carbons (Fsp3) is 0.211. The number of carbonyl (C=O) groups excluding carboxylic acids is 1. The Hall–Kier alpha value is -2.75. The fourth-order valence-corrected chi connectivity index (χ4v) is 1.97. The molecule has 4 nitrogen and oxygen atoms in total. The summed E-state index contributed by atoms with van der Waals surface area (Å²) in [7, 11) is 0. The van der Waals surface area contributed by atoms with E-state index in [9.17, 15) is 4.79 Å². The molecule has 0 aliphatic carbocycles. The van der Waals surface area contributed by atoms with E-state index in [-0.39, 0.29) is 5.91 Å². The van der Waals surface area contributed by atoms with E-state index in [1.807, 2.05) is 31.2 Å². The number of nitrogens with one attached hydrogen (secondary N) is 1. The Labute approximate surface area is 136 Å². The van der Waals surface area contributed by atoms with Crippen LogP contribution in [0.3, 0.4) is 0 Å². The van der Waals surface area contributed by atoms with E-state index in [2.05, 4.69) is 11.9 Å². The molecule has 0 heterocycles. The summed E-state index contributed by atoms with van der Waals surface area (Å²) in [5.74, 6) is 1.24. The predicted octanol–water partition coefficient (Wildman–Crippen LogP) is 3.97. The smallest absolute Gasteiger partial charge is 0.265 e. The van der Waals surface area contributed by atoms with Gasteiger partial charge in [0.1, 0.15) is 18.1 Å². The van der Waals surface area contributed by atoms with Crippen molar-refractivity contribution in [3.63, 3.8) is 0 Å². The third-order valence-corrected chi connectivity index (χ3v) is 3.26. The SMILES string of the molecule is C=CCOc1ccc(NC(=O)[C@@H](C)Oc2ccccc2C)cc1. The normalized spacial score (nSPS) is 11.4. The molecule has 0 fully saturated rings. The Morgan fingerprint density at radius 2 is 1.91 bits per heavy atom. The second-order valence-corrected chi connectivity index (χ2v) is 5.14. The molecule has 0 saturated carbocycles. The van der Waals surface area contributed by atoms with Crippen molar-refractivity contribution in [3.8, 4) is 11.5 Å². The summed E-state index contributed by atoms with van der Waals surface area (Å²) in [4.78, 5) is 12.2. The molecule has 0 unspecified atom stereocenters. The number of para-hydroxylation sites is 1. The highest BCUT2D eigenvalue weighted by molar-refractivity contribution is 5.94. The van der Waals surface area contributed by atoms with Gasteiger partial charge in [-0.1, -0.05) is 30.9 Å². The summed E-state index contributed by atoms with van der Waals surface area (Å²) in [6, 6.07) is 14.8. The summed E-state index contributed by atoms with van der Waals surface area (Å²) in [5.41, 5.74) is 1.69. The average molecular weight is 311 g/mol. The third kappa shape index (κ3) is 4.88. The summed E-state index contributed by atoms with van der Waals surface area (Å²) < 4.78 is 11.1. The van der Waals surface area contributed by atoms with Crippen molar-refractivity contribution in [1.29, 1.82) is 0 Å². The van der Waals surface area contributed by atoms with Gasteiger partial charge >= 0.3 is 0 Å². The fourth-order valence-electron chi connectivity index (χ4n) is 1.97. The van der Waals surface area contributed by atoms with Gasteiger partial charge in [-0.25, -0.2) is 0 Å². The minimum Gasteiger partial charge on any atom is -0.490 e. The van der Waals surface area contributed by atoms with Crippen LogP contribution in [0.15, 0.2) is 61.2 Å². The Bertz CT molecular complexity index is 665. The van der Waals surface area contributed by atoms with Gasteiger partial charge in [0.15, 0.2) is 6.10 Å². The minimum absolute atomic E-state index is 0.201. The molecule has 4 heteroatoms. The van der Waals surface area contributed by atoms with Crippen molar-refractivity contribution >= 4 is 11.6 Å². The number of hydrogen-bond acceptors (Lipinski definition) is 3. The lowest BCUT2D eigenvalue weighted by Gasteiger charge is -2.16. The van der Waals surface area contributed by atoms with Gasteiger partial charge in [0, 0.05) is 5.69 Å². The molecule has 120 valence electrons. The summed E-state index contributed by atoms with van der Waals surface area (Å²) in [6.07, 6.45) is 1.09. The van der Waals surface area contributed by atoms with Gasteiger partial charge in [-0.3, -0.25) is 4.79 Å². The monoisotopic (exact) mass is 311 g/mol. The van der Waals surface area contributed by atoms with Crippen LogP contribution in [0, 0.1) is 6.92 Å². The standard InChI is InChI=1S/C19H21NO3/c1-4-13-22-17-11-9-16(10-12-17)20-19(21)15(3)23-18-8-6-5-7-14(18)2/h4-12,15H,1,13H2,2-3H3,(H,20,21)/t15-/m1/s1. The molecule has 1 atom stereocenters. The Morgan fingerprint density at radius 3 is 2.57 bits per heavy atom. The van der Waals surface area contributed by atoms with Crippen LogP contribution in [0.4, 0.5) is 5.69 Å². The first-order valence-electron chi connectivity index (χ1n) is 7.47. The number of anilines is 1. The Morgan fingerprint density at radius 1 is 1.22 bits per heavy atom. The van der Waals surface area contributed by atoms with Crippen LogP contribution >= 0.6 is 0 Å². The van der Waals surface area contributed by atoms with Crippen molar-refractivity contribution in [2.24, 2.45) is 0 Å². The molecular weight excluding hydrogens is 290 g/mol. The first-order valence-corrected chi connectivity index (χ1v) is 7.47. The lowest BCUT2D eigenvalue weighted by molar-refractivity contribution is -0.122. The minimum atomic E-state index is -0.590. The number of rotatable bonds is 7. The van der Waals surface area contributed by atoms with Gasteiger partial charge in [-0.05, 0) is 49.7 Å². The zero-order valence-corrected chi connectivity index (χ0v) is 13.4. The van der Waals surface area contributed by atoms with Gasteiger partial charge in [-0.15, -0.1) is 0 Å². The molecule has 0 aromatic heterocycles. The van der Waals surface area contributed by atoms with Gasteiger partial charge in [0.25, 0.3) is 5.91 Å². The lowest BCUT2D eigenvalue weighted by atomic mass is 10.2. The van der Waals surface area contributed by atoms with Crippen LogP contribution in [0.2, 0.25) is 0 Å². The lowest BCUT2D eigenvalue weighted by Crippen LogP contribution is -2.30. The van der Waals surface area contributed by atoms with Crippen LogP contribution in [-0.2, 0) is 4.79 Å².